The lowest BCUT2D eigenvalue weighted by molar-refractivity contribution is -0.137. The van der Waals surface area contributed by atoms with Gasteiger partial charge < -0.3 is 5.32 Å². The number of alkyl halides is 3. The molecule has 0 saturated carbocycles. The summed E-state index contributed by atoms with van der Waals surface area (Å²) in [7, 11) is -3.71. The highest BCUT2D eigenvalue weighted by Gasteiger charge is 2.30. The number of nitrogens with zero attached hydrogens (tertiary/aromatic N) is 1. The van der Waals surface area contributed by atoms with Gasteiger partial charge in [0.2, 0.25) is 10.0 Å². The van der Waals surface area contributed by atoms with Crippen LogP contribution < -0.4 is 5.32 Å². The van der Waals surface area contributed by atoms with Crippen molar-refractivity contribution in [1.82, 2.24) is 4.31 Å². The molecule has 5 nitrogen and oxygen atoms in total. The maximum atomic E-state index is 12.8. The molecule has 1 heterocycles. The van der Waals surface area contributed by atoms with Crippen molar-refractivity contribution in [1.29, 1.82) is 0 Å². The summed E-state index contributed by atoms with van der Waals surface area (Å²) in [5, 5.41) is 2.38. The third-order valence-electron chi connectivity index (χ3n) is 4.50. The summed E-state index contributed by atoms with van der Waals surface area (Å²) in [6, 6.07) is 9.76. The number of piperidine rings is 1. The molecule has 1 amide bonds. The largest absolute Gasteiger partial charge is 0.416 e. The molecule has 0 radical (unpaired) electrons. The molecule has 1 N–H and O–H groups in total. The fourth-order valence-corrected chi connectivity index (χ4v) is 4.59. The Balaban J connectivity index is 1.81. The highest BCUT2D eigenvalue weighted by molar-refractivity contribution is 7.89. The zero-order valence-electron chi connectivity index (χ0n) is 14.9. The summed E-state index contributed by atoms with van der Waals surface area (Å²) in [5.41, 5.74) is -0.855. The lowest BCUT2D eigenvalue weighted by Gasteiger charge is -2.26. The second-order valence-corrected chi connectivity index (χ2v) is 8.46. The molecule has 0 aliphatic carbocycles. The number of carbonyl (C=O) groups excluding carboxylic acids is 1. The Morgan fingerprint density at radius 3 is 2.32 bits per heavy atom. The minimum atomic E-state index is -4.52. The average Bonchev–Trinajstić information content (AvgIpc) is 2.68. The predicted octanol–water partition coefficient (Wildman–Crippen LogP) is 4.13. The highest BCUT2D eigenvalue weighted by atomic mass is 32.2. The number of nitrogens with one attached hydrogen (secondary N) is 1. The maximum absolute atomic E-state index is 12.8. The van der Waals surface area contributed by atoms with Crippen LogP contribution in [0.25, 0.3) is 0 Å². The summed E-state index contributed by atoms with van der Waals surface area (Å²) in [4.78, 5) is 12.4. The predicted molar refractivity (Wildman–Crippen MR) is 98.4 cm³/mol. The Morgan fingerprint density at radius 1 is 0.964 bits per heavy atom. The molecule has 2 aromatic rings. The fraction of sp³-hybridized carbons (Fsp3) is 0.316. The molecule has 0 aromatic heterocycles. The molecule has 9 heteroatoms. The number of hydrogen-bond donors (Lipinski definition) is 1. The molecule has 2 aromatic carbocycles. The summed E-state index contributed by atoms with van der Waals surface area (Å²) < 4.78 is 65.3. The van der Waals surface area contributed by atoms with E-state index in [1.807, 2.05) is 0 Å². The van der Waals surface area contributed by atoms with Gasteiger partial charge in [-0.1, -0.05) is 18.6 Å². The van der Waals surface area contributed by atoms with Crippen molar-refractivity contribution in [3.05, 3.63) is 59.7 Å². The number of anilines is 1. The van der Waals surface area contributed by atoms with Gasteiger partial charge >= 0.3 is 6.18 Å². The summed E-state index contributed by atoms with van der Waals surface area (Å²) in [5.74, 6) is -0.685. The zero-order valence-corrected chi connectivity index (χ0v) is 15.7. The Labute approximate surface area is 161 Å². The van der Waals surface area contributed by atoms with Crippen molar-refractivity contribution in [2.75, 3.05) is 18.4 Å². The number of hydrogen-bond acceptors (Lipinski definition) is 3. The van der Waals surface area contributed by atoms with Crippen LogP contribution in [0.2, 0.25) is 0 Å². The number of carbonyl (C=O) groups is 1. The Hall–Kier alpha value is -2.39. The smallest absolute Gasteiger partial charge is 0.322 e. The van der Waals surface area contributed by atoms with Crippen LogP contribution in [0.3, 0.4) is 0 Å². The summed E-state index contributed by atoms with van der Waals surface area (Å²) in [6.07, 6.45) is -1.97. The van der Waals surface area contributed by atoms with Gasteiger partial charge in [0.15, 0.2) is 0 Å². The third kappa shape index (κ3) is 4.53. The first-order valence-corrected chi connectivity index (χ1v) is 10.2. The van der Waals surface area contributed by atoms with Crippen molar-refractivity contribution >= 4 is 21.6 Å². The second-order valence-electron chi connectivity index (χ2n) is 6.53. The molecular formula is C19H19F3N2O3S. The summed E-state index contributed by atoms with van der Waals surface area (Å²) >= 11 is 0. The number of halogens is 3. The number of amides is 1. The molecule has 0 atom stereocenters. The molecule has 150 valence electrons. The van der Waals surface area contributed by atoms with Crippen LogP contribution in [0, 0.1) is 0 Å². The van der Waals surface area contributed by atoms with Gasteiger partial charge in [0, 0.05) is 24.3 Å². The van der Waals surface area contributed by atoms with E-state index < -0.39 is 27.7 Å². The van der Waals surface area contributed by atoms with Gasteiger partial charge in [-0.15, -0.1) is 0 Å². The minimum absolute atomic E-state index is 0.00825. The second kappa shape index (κ2) is 7.92. The summed E-state index contributed by atoms with van der Waals surface area (Å²) in [6.45, 7) is 0.867. The fourth-order valence-electron chi connectivity index (χ4n) is 3.03. The first kappa shape index (κ1) is 20.3. The van der Waals surface area contributed by atoms with E-state index in [0.717, 1.165) is 31.4 Å². The standard InChI is InChI=1S/C19H19F3N2O3S/c20-19(21,22)15-7-5-8-16(13-15)23-18(25)14-6-4-9-17(12-14)28(26,27)24-10-2-1-3-11-24/h4-9,12-13H,1-3,10-11H2,(H,23,25). The Bertz CT molecular complexity index is 968. The van der Waals surface area contributed by atoms with Crippen molar-refractivity contribution in [2.24, 2.45) is 0 Å². The first-order chi connectivity index (χ1) is 13.2. The number of benzene rings is 2. The van der Waals surface area contributed by atoms with Crippen molar-refractivity contribution in [3.63, 3.8) is 0 Å². The molecule has 1 fully saturated rings. The van der Waals surface area contributed by atoms with Gasteiger partial charge in [0.1, 0.15) is 0 Å². The molecule has 0 spiro atoms. The lowest BCUT2D eigenvalue weighted by atomic mass is 10.1. The topological polar surface area (TPSA) is 66.5 Å². The van der Waals surface area contributed by atoms with Gasteiger partial charge in [-0.3, -0.25) is 4.79 Å². The van der Waals surface area contributed by atoms with E-state index in [1.165, 1.54) is 40.7 Å². The van der Waals surface area contributed by atoms with E-state index in [0.29, 0.717) is 13.1 Å². The molecule has 0 unspecified atom stereocenters. The van der Waals surface area contributed by atoms with Crippen molar-refractivity contribution < 1.29 is 26.4 Å². The van der Waals surface area contributed by atoms with Crippen LogP contribution in [0.4, 0.5) is 18.9 Å². The van der Waals surface area contributed by atoms with E-state index >= 15 is 0 Å². The van der Waals surface area contributed by atoms with E-state index in [9.17, 15) is 26.4 Å². The van der Waals surface area contributed by atoms with Gasteiger partial charge in [0.05, 0.1) is 10.5 Å². The number of sulfonamides is 1. The highest BCUT2D eigenvalue weighted by Crippen LogP contribution is 2.30. The van der Waals surface area contributed by atoms with Gasteiger partial charge in [-0.2, -0.15) is 17.5 Å². The Morgan fingerprint density at radius 2 is 1.64 bits per heavy atom. The van der Waals surface area contributed by atoms with Gasteiger partial charge in [-0.05, 0) is 49.2 Å². The van der Waals surface area contributed by atoms with Crippen LogP contribution >= 0.6 is 0 Å². The van der Waals surface area contributed by atoms with E-state index in [4.69, 9.17) is 0 Å². The number of rotatable bonds is 4. The van der Waals surface area contributed by atoms with Crippen LogP contribution in [-0.4, -0.2) is 31.7 Å². The van der Waals surface area contributed by atoms with Crippen LogP contribution in [0.1, 0.15) is 35.2 Å². The molecule has 28 heavy (non-hydrogen) atoms. The molecule has 3 rings (SSSR count). The third-order valence-corrected chi connectivity index (χ3v) is 6.39. The molecule has 1 saturated heterocycles. The van der Waals surface area contributed by atoms with Crippen LogP contribution in [0.5, 0.6) is 0 Å². The van der Waals surface area contributed by atoms with E-state index in [2.05, 4.69) is 5.32 Å². The first-order valence-electron chi connectivity index (χ1n) is 8.77. The zero-order chi connectivity index (χ0) is 20.4. The monoisotopic (exact) mass is 412 g/mol. The maximum Gasteiger partial charge on any atom is 0.416 e. The van der Waals surface area contributed by atoms with Crippen LogP contribution in [-0.2, 0) is 16.2 Å². The SMILES string of the molecule is O=C(Nc1cccc(C(F)(F)F)c1)c1cccc(S(=O)(=O)N2CCCCC2)c1. The quantitative estimate of drug-likeness (QED) is 0.821. The van der Waals surface area contributed by atoms with Crippen molar-refractivity contribution in [2.45, 2.75) is 30.3 Å². The van der Waals surface area contributed by atoms with Gasteiger partial charge in [-0.25, -0.2) is 8.42 Å². The minimum Gasteiger partial charge on any atom is -0.322 e. The molecule has 0 bridgehead atoms. The molecule has 1 aliphatic rings. The van der Waals surface area contributed by atoms with E-state index in [-0.39, 0.29) is 16.1 Å². The molecule has 1 aliphatic heterocycles. The van der Waals surface area contributed by atoms with Gasteiger partial charge in [0.25, 0.3) is 5.91 Å². The molecular weight excluding hydrogens is 393 g/mol. The van der Waals surface area contributed by atoms with E-state index in [1.54, 1.807) is 0 Å². The average molecular weight is 412 g/mol. The normalized spacial score (nSPS) is 16.0. The van der Waals surface area contributed by atoms with Crippen molar-refractivity contribution in [3.8, 4) is 0 Å². The Kier molecular flexibility index (Phi) is 5.76. The lowest BCUT2D eigenvalue weighted by Crippen LogP contribution is -2.35. The van der Waals surface area contributed by atoms with Crippen LogP contribution in [0.15, 0.2) is 53.4 Å².